The van der Waals surface area contributed by atoms with E-state index in [0.29, 0.717) is 12.3 Å². The van der Waals surface area contributed by atoms with Crippen molar-refractivity contribution in [2.24, 2.45) is 11.3 Å². The minimum atomic E-state index is -0.660. The number of hydrogen-bond donors (Lipinski definition) is 1. The number of hydrogen-bond acceptors (Lipinski definition) is 2. The Kier molecular flexibility index (Phi) is 3.43. The van der Waals surface area contributed by atoms with Gasteiger partial charge in [0.25, 0.3) is 0 Å². The Hall–Kier alpha value is -1.84. The van der Waals surface area contributed by atoms with E-state index in [-0.39, 0.29) is 17.2 Å². The molecule has 4 nitrogen and oxygen atoms in total. The molecule has 1 heterocycles. The van der Waals surface area contributed by atoms with E-state index in [0.717, 1.165) is 45.2 Å². The highest BCUT2D eigenvalue weighted by molar-refractivity contribution is 5.78. The first kappa shape index (κ1) is 14.7. The van der Waals surface area contributed by atoms with E-state index < -0.39 is 5.97 Å². The minimum absolute atomic E-state index is 0.00255. The molecule has 2 fully saturated rings. The van der Waals surface area contributed by atoms with Gasteiger partial charge in [0.1, 0.15) is 0 Å². The second-order valence-corrected chi connectivity index (χ2v) is 7.48. The van der Waals surface area contributed by atoms with Crippen LogP contribution in [0.2, 0.25) is 0 Å². The zero-order valence-corrected chi connectivity index (χ0v) is 13.3. The number of piperidine rings is 1. The highest BCUT2D eigenvalue weighted by Crippen LogP contribution is 2.59. The number of fused-ring (bicyclic) bond motifs is 1. The summed E-state index contributed by atoms with van der Waals surface area (Å²) in [5.74, 6) is -0.217. The van der Waals surface area contributed by atoms with Gasteiger partial charge in [-0.15, -0.1) is 0 Å². The molecule has 23 heavy (non-hydrogen) atoms. The summed E-state index contributed by atoms with van der Waals surface area (Å²) >= 11 is 0. The number of amides is 1. The van der Waals surface area contributed by atoms with Gasteiger partial charge < -0.3 is 10.0 Å². The molecule has 2 aliphatic carbocycles. The van der Waals surface area contributed by atoms with E-state index in [1.165, 1.54) is 11.1 Å². The first-order valence-corrected chi connectivity index (χ1v) is 8.67. The van der Waals surface area contributed by atoms with Crippen LogP contribution in [-0.4, -0.2) is 35.0 Å². The van der Waals surface area contributed by atoms with Crippen LogP contribution in [0, 0.1) is 11.3 Å². The van der Waals surface area contributed by atoms with Gasteiger partial charge in [-0.25, -0.2) is 0 Å². The zero-order valence-electron chi connectivity index (χ0n) is 13.3. The fraction of sp³-hybridized carbons (Fsp3) is 0.579. The van der Waals surface area contributed by atoms with Crippen LogP contribution in [0.1, 0.15) is 49.1 Å². The second-order valence-electron chi connectivity index (χ2n) is 7.48. The van der Waals surface area contributed by atoms with Gasteiger partial charge in [-0.2, -0.15) is 0 Å². The van der Waals surface area contributed by atoms with Crippen LogP contribution in [-0.2, 0) is 16.0 Å². The summed E-state index contributed by atoms with van der Waals surface area (Å²) in [6.45, 7) is 1.47. The van der Waals surface area contributed by atoms with E-state index in [4.69, 9.17) is 5.11 Å². The standard InChI is InChI=1S/C19H23NO3/c21-17(11-14-6-5-13-3-1-2-4-15(13)14)20-9-7-19(8-10-20)12-16(19)18(22)23/h1-4,14,16H,5-12H2,(H,22,23). The fourth-order valence-corrected chi connectivity index (χ4v) is 4.65. The largest absolute Gasteiger partial charge is 0.481 e. The van der Waals surface area contributed by atoms with E-state index in [2.05, 4.69) is 24.3 Å². The molecule has 122 valence electrons. The third-order valence-electron chi connectivity index (χ3n) is 6.28. The molecule has 3 aliphatic rings. The third kappa shape index (κ3) is 2.54. The van der Waals surface area contributed by atoms with Crippen LogP contribution in [0.3, 0.4) is 0 Å². The lowest BCUT2D eigenvalue weighted by Gasteiger charge is -2.33. The van der Waals surface area contributed by atoms with Crippen molar-refractivity contribution in [1.29, 1.82) is 0 Å². The SMILES string of the molecule is O=C(O)C1CC12CCN(C(=O)CC1CCc3ccccc31)CC2. The average molecular weight is 313 g/mol. The van der Waals surface area contributed by atoms with Gasteiger partial charge in [0.15, 0.2) is 0 Å². The van der Waals surface area contributed by atoms with Crippen molar-refractivity contribution < 1.29 is 14.7 Å². The molecule has 2 unspecified atom stereocenters. The molecule has 0 aromatic heterocycles. The Bertz CT molecular complexity index is 646. The van der Waals surface area contributed by atoms with E-state index in [9.17, 15) is 9.59 Å². The fourth-order valence-electron chi connectivity index (χ4n) is 4.65. The number of rotatable bonds is 3. The van der Waals surface area contributed by atoms with Crippen LogP contribution in [0.5, 0.6) is 0 Å². The van der Waals surface area contributed by atoms with Gasteiger partial charge in [-0.3, -0.25) is 9.59 Å². The number of carbonyl (C=O) groups excluding carboxylic acids is 1. The Balaban J connectivity index is 1.34. The molecule has 1 aromatic carbocycles. The average Bonchev–Trinajstić information content (AvgIpc) is 3.11. The van der Waals surface area contributed by atoms with Crippen molar-refractivity contribution >= 4 is 11.9 Å². The number of nitrogens with zero attached hydrogens (tertiary/aromatic N) is 1. The summed E-state index contributed by atoms with van der Waals surface area (Å²) in [6.07, 6.45) is 5.28. The van der Waals surface area contributed by atoms with Crippen molar-refractivity contribution in [3.8, 4) is 0 Å². The minimum Gasteiger partial charge on any atom is -0.481 e. The topological polar surface area (TPSA) is 57.6 Å². The Morgan fingerprint density at radius 1 is 1.22 bits per heavy atom. The molecular weight excluding hydrogens is 290 g/mol. The quantitative estimate of drug-likeness (QED) is 0.933. The predicted octanol–water partition coefficient (Wildman–Crippen LogP) is 2.82. The lowest BCUT2D eigenvalue weighted by molar-refractivity contribution is -0.139. The van der Waals surface area contributed by atoms with Crippen molar-refractivity contribution in [2.45, 2.75) is 44.4 Å². The van der Waals surface area contributed by atoms with Crippen molar-refractivity contribution in [1.82, 2.24) is 4.90 Å². The number of likely N-dealkylation sites (tertiary alicyclic amines) is 1. The molecule has 1 saturated heterocycles. The summed E-state index contributed by atoms with van der Waals surface area (Å²) in [5.41, 5.74) is 2.75. The summed E-state index contributed by atoms with van der Waals surface area (Å²) in [5, 5.41) is 9.15. The smallest absolute Gasteiger partial charge is 0.307 e. The lowest BCUT2D eigenvalue weighted by atomic mass is 9.90. The maximum absolute atomic E-state index is 12.6. The van der Waals surface area contributed by atoms with Crippen LogP contribution >= 0.6 is 0 Å². The second kappa shape index (κ2) is 5.36. The zero-order chi connectivity index (χ0) is 16.0. The molecule has 4 heteroatoms. The molecule has 1 saturated carbocycles. The Morgan fingerprint density at radius 3 is 2.65 bits per heavy atom. The van der Waals surface area contributed by atoms with Crippen LogP contribution in [0.4, 0.5) is 0 Å². The maximum Gasteiger partial charge on any atom is 0.307 e. The molecule has 4 rings (SSSR count). The first-order valence-electron chi connectivity index (χ1n) is 8.67. The number of carbonyl (C=O) groups is 2. The highest BCUT2D eigenvalue weighted by atomic mass is 16.4. The molecule has 1 amide bonds. The Labute approximate surface area is 136 Å². The van der Waals surface area contributed by atoms with E-state index in [1.54, 1.807) is 0 Å². The summed E-state index contributed by atoms with van der Waals surface area (Å²) < 4.78 is 0. The molecule has 2 atom stereocenters. The summed E-state index contributed by atoms with van der Waals surface area (Å²) in [4.78, 5) is 25.7. The first-order chi connectivity index (χ1) is 11.1. The number of aliphatic carboxylic acids is 1. The van der Waals surface area contributed by atoms with Crippen molar-refractivity contribution in [3.63, 3.8) is 0 Å². The van der Waals surface area contributed by atoms with Gasteiger partial charge in [0.2, 0.25) is 5.91 Å². The van der Waals surface area contributed by atoms with Crippen molar-refractivity contribution in [3.05, 3.63) is 35.4 Å². The molecule has 0 bridgehead atoms. The van der Waals surface area contributed by atoms with E-state index >= 15 is 0 Å². The van der Waals surface area contributed by atoms with Gasteiger partial charge in [0.05, 0.1) is 5.92 Å². The molecule has 1 aromatic rings. The van der Waals surface area contributed by atoms with Crippen molar-refractivity contribution in [2.75, 3.05) is 13.1 Å². The van der Waals surface area contributed by atoms with E-state index in [1.807, 2.05) is 4.90 Å². The van der Waals surface area contributed by atoms with Gasteiger partial charge in [-0.1, -0.05) is 24.3 Å². The number of carboxylic acid groups (broad SMARTS) is 1. The van der Waals surface area contributed by atoms with Crippen LogP contribution in [0.15, 0.2) is 24.3 Å². The molecule has 0 radical (unpaired) electrons. The molecule has 1 N–H and O–H groups in total. The number of carboxylic acids is 1. The number of aryl methyl sites for hydroxylation is 1. The Morgan fingerprint density at radius 2 is 1.96 bits per heavy atom. The monoisotopic (exact) mass is 313 g/mol. The third-order valence-corrected chi connectivity index (χ3v) is 6.28. The summed E-state index contributed by atoms with van der Waals surface area (Å²) in [6, 6.07) is 8.46. The van der Waals surface area contributed by atoms with Gasteiger partial charge >= 0.3 is 5.97 Å². The lowest BCUT2D eigenvalue weighted by Crippen LogP contribution is -2.40. The van der Waals surface area contributed by atoms with Gasteiger partial charge in [0, 0.05) is 19.5 Å². The highest BCUT2D eigenvalue weighted by Gasteiger charge is 2.59. The normalized spacial score (nSPS) is 27.7. The maximum atomic E-state index is 12.6. The predicted molar refractivity (Wildman–Crippen MR) is 86.1 cm³/mol. The summed E-state index contributed by atoms with van der Waals surface area (Å²) in [7, 11) is 0. The molecule has 1 spiro atoms. The number of benzene rings is 1. The van der Waals surface area contributed by atoms with Crippen LogP contribution in [0.25, 0.3) is 0 Å². The van der Waals surface area contributed by atoms with Crippen LogP contribution < -0.4 is 0 Å². The van der Waals surface area contributed by atoms with Gasteiger partial charge in [-0.05, 0) is 54.6 Å². The molecular formula is C19H23NO3. The molecule has 1 aliphatic heterocycles.